The van der Waals surface area contributed by atoms with Crippen molar-refractivity contribution in [2.24, 2.45) is 11.5 Å². The highest BCUT2D eigenvalue weighted by molar-refractivity contribution is 5.97. The van der Waals surface area contributed by atoms with Gasteiger partial charge in [-0.15, -0.1) is 0 Å². The number of primary amides is 2. The molecule has 0 bridgehead atoms. The largest absolute Gasteiger partial charge is 0.471 e. The van der Waals surface area contributed by atoms with Crippen LogP contribution in [0.5, 0.6) is 0 Å². The van der Waals surface area contributed by atoms with Crippen LogP contribution < -0.4 is 16.8 Å². The summed E-state index contributed by atoms with van der Waals surface area (Å²) in [6, 6.07) is 2.39. The summed E-state index contributed by atoms with van der Waals surface area (Å²) in [5, 5.41) is 1.59. The molecule has 7 nitrogen and oxygen atoms in total. The second-order valence-electron chi connectivity index (χ2n) is 5.31. The van der Waals surface area contributed by atoms with Gasteiger partial charge in [-0.2, -0.15) is 13.2 Å². The van der Waals surface area contributed by atoms with Crippen molar-refractivity contribution in [2.45, 2.75) is 18.0 Å². The summed E-state index contributed by atoms with van der Waals surface area (Å²) in [6.45, 7) is 0. The number of nitrogens with zero attached hydrogens (tertiary/aromatic N) is 1. The zero-order chi connectivity index (χ0) is 18.8. The van der Waals surface area contributed by atoms with Crippen LogP contribution >= 0.6 is 0 Å². The van der Waals surface area contributed by atoms with Crippen molar-refractivity contribution in [2.75, 3.05) is 5.32 Å². The van der Waals surface area contributed by atoms with Crippen molar-refractivity contribution < 1.29 is 27.6 Å². The normalized spacial score (nSPS) is 19.9. The molecule has 0 fully saturated rings. The molecule has 1 atom stereocenters. The molecule has 0 aromatic carbocycles. The summed E-state index contributed by atoms with van der Waals surface area (Å²) in [5.41, 5.74) is 9.67. The molecule has 10 heteroatoms. The number of alkyl halides is 3. The Morgan fingerprint density at radius 3 is 2.36 bits per heavy atom. The number of halogens is 3. The third-order valence-electron chi connectivity index (χ3n) is 3.68. The number of carbonyl (C=O) groups is 3. The van der Waals surface area contributed by atoms with E-state index in [9.17, 15) is 27.6 Å². The molecule has 1 aromatic rings. The Morgan fingerprint density at radius 1 is 1.20 bits per heavy atom. The highest BCUT2D eigenvalue weighted by Gasteiger charge is 2.40. The molecule has 1 aliphatic rings. The van der Waals surface area contributed by atoms with Crippen LogP contribution in [0.2, 0.25) is 0 Å². The van der Waals surface area contributed by atoms with Crippen LogP contribution in [-0.2, 0) is 19.8 Å². The number of nitrogens with one attached hydrogen (secondary N) is 1. The molecule has 5 N–H and O–H groups in total. The lowest BCUT2D eigenvalue weighted by Crippen LogP contribution is -2.42. The standard InChI is InChI=1S/C15H13F3N4O3/c16-15(17,18)13(25)22-10-4-3-9(7-21-10)14(12(20)24)5-1-2-8(6-14)11(19)23/h1-5,7H,6H2,(H2,19,23)(H2,20,24)(H,21,22,25). The van der Waals surface area contributed by atoms with E-state index in [4.69, 9.17) is 11.5 Å². The van der Waals surface area contributed by atoms with Gasteiger partial charge >= 0.3 is 12.1 Å². The van der Waals surface area contributed by atoms with Crippen LogP contribution in [0.25, 0.3) is 0 Å². The van der Waals surface area contributed by atoms with Gasteiger partial charge in [-0.3, -0.25) is 14.4 Å². The molecule has 2 rings (SSSR count). The number of hydrogen-bond donors (Lipinski definition) is 3. The Hall–Kier alpha value is -3.17. The Morgan fingerprint density at radius 2 is 1.88 bits per heavy atom. The van der Waals surface area contributed by atoms with E-state index in [1.54, 1.807) is 5.32 Å². The van der Waals surface area contributed by atoms with Crippen LogP contribution in [0.15, 0.2) is 42.1 Å². The highest BCUT2D eigenvalue weighted by Crippen LogP contribution is 2.35. The topological polar surface area (TPSA) is 128 Å². The summed E-state index contributed by atoms with van der Waals surface area (Å²) in [4.78, 5) is 37.9. The molecule has 0 aliphatic heterocycles. The quantitative estimate of drug-likeness (QED) is 0.734. The van der Waals surface area contributed by atoms with E-state index >= 15 is 0 Å². The van der Waals surface area contributed by atoms with Gasteiger partial charge in [-0.1, -0.05) is 24.3 Å². The predicted molar refractivity (Wildman–Crippen MR) is 80.8 cm³/mol. The smallest absolute Gasteiger partial charge is 0.369 e. The van der Waals surface area contributed by atoms with Gasteiger partial charge in [0.05, 0.1) is 5.41 Å². The van der Waals surface area contributed by atoms with Gasteiger partial charge in [0.2, 0.25) is 11.8 Å². The molecule has 0 radical (unpaired) electrons. The van der Waals surface area contributed by atoms with Crippen LogP contribution in [0.4, 0.5) is 19.0 Å². The number of aromatic nitrogens is 1. The SMILES string of the molecule is NC(=O)C1=CC=CC(C(N)=O)(c2ccc(NC(=O)C(F)(F)F)nc2)C1. The van der Waals surface area contributed by atoms with E-state index < -0.39 is 29.3 Å². The molecule has 1 unspecified atom stereocenters. The molecule has 25 heavy (non-hydrogen) atoms. The molecule has 1 aromatic heterocycles. The number of nitrogens with two attached hydrogens (primary N) is 2. The second kappa shape index (κ2) is 6.38. The molecule has 0 saturated heterocycles. The van der Waals surface area contributed by atoms with E-state index in [2.05, 4.69) is 4.98 Å². The molecule has 0 spiro atoms. The Bertz CT molecular complexity index is 784. The molecule has 0 saturated carbocycles. The lowest BCUT2D eigenvalue weighted by molar-refractivity contribution is -0.167. The van der Waals surface area contributed by atoms with E-state index in [0.717, 1.165) is 12.3 Å². The molecule has 1 heterocycles. The van der Waals surface area contributed by atoms with Crippen molar-refractivity contribution in [3.63, 3.8) is 0 Å². The first-order chi connectivity index (χ1) is 11.6. The Labute approximate surface area is 139 Å². The van der Waals surface area contributed by atoms with Crippen molar-refractivity contribution >= 4 is 23.5 Å². The van der Waals surface area contributed by atoms with Crippen LogP contribution in [-0.4, -0.2) is 28.9 Å². The zero-order valence-corrected chi connectivity index (χ0v) is 12.6. The van der Waals surface area contributed by atoms with Gasteiger partial charge in [0.25, 0.3) is 0 Å². The van der Waals surface area contributed by atoms with Crippen LogP contribution in [0, 0.1) is 0 Å². The maximum atomic E-state index is 12.2. The molecular formula is C15H13F3N4O3. The number of carbonyl (C=O) groups excluding carboxylic acids is 3. The summed E-state index contributed by atoms with van der Waals surface area (Å²) >= 11 is 0. The van der Waals surface area contributed by atoms with Gasteiger partial charge in [-0.05, 0) is 18.1 Å². The fourth-order valence-electron chi connectivity index (χ4n) is 2.34. The summed E-state index contributed by atoms with van der Waals surface area (Å²) in [6.07, 6.45) is 0.270. The minimum atomic E-state index is -5.05. The Balaban J connectivity index is 2.32. The summed E-state index contributed by atoms with van der Waals surface area (Å²) in [5.74, 6) is -4.04. The minimum absolute atomic E-state index is 0.107. The zero-order valence-electron chi connectivity index (χ0n) is 12.6. The molecule has 3 amide bonds. The number of anilines is 1. The summed E-state index contributed by atoms with van der Waals surface area (Å²) in [7, 11) is 0. The van der Waals surface area contributed by atoms with Crippen LogP contribution in [0.3, 0.4) is 0 Å². The maximum absolute atomic E-state index is 12.2. The van der Waals surface area contributed by atoms with Crippen LogP contribution in [0.1, 0.15) is 12.0 Å². The molecule has 1 aliphatic carbocycles. The van der Waals surface area contributed by atoms with Crippen molar-refractivity contribution in [3.8, 4) is 0 Å². The third kappa shape index (κ3) is 3.67. The first-order valence-electron chi connectivity index (χ1n) is 6.89. The van der Waals surface area contributed by atoms with Crippen molar-refractivity contribution in [3.05, 3.63) is 47.7 Å². The number of amides is 3. The number of rotatable bonds is 4. The summed E-state index contributed by atoms with van der Waals surface area (Å²) < 4.78 is 36.7. The number of pyridine rings is 1. The van der Waals surface area contributed by atoms with Gasteiger partial charge in [-0.25, -0.2) is 4.98 Å². The monoisotopic (exact) mass is 354 g/mol. The number of allylic oxidation sites excluding steroid dienone is 2. The van der Waals surface area contributed by atoms with Gasteiger partial charge < -0.3 is 16.8 Å². The van der Waals surface area contributed by atoms with Crippen molar-refractivity contribution in [1.82, 2.24) is 4.98 Å². The third-order valence-corrected chi connectivity index (χ3v) is 3.68. The fraction of sp³-hybridized carbons (Fsp3) is 0.200. The highest BCUT2D eigenvalue weighted by atomic mass is 19.4. The minimum Gasteiger partial charge on any atom is -0.369 e. The average molecular weight is 354 g/mol. The van der Waals surface area contributed by atoms with Gasteiger partial charge in [0, 0.05) is 11.8 Å². The van der Waals surface area contributed by atoms with E-state index in [-0.39, 0.29) is 23.4 Å². The second-order valence-corrected chi connectivity index (χ2v) is 5.31. The van der Waals surface area contributed by atoms with Gasteiger partial charge in [0.1, 0.15) is 5.82 Å². The first kappa shape index (κ1) is 18.2. The Kier molecular flexibility index (Phi) is 4.64. The fourth-order valence-corrected chi connectivity index (χ4v) is 2.34. The maximum Gasteiger partial charge on any atom is 0.471 e. The lowest BCUT2D eigenvalue weighted by atomic mass is 9.73. The molecular weight excluding hydrogens is 341 g/mol. The first-order valence-corrected chi connectivity index (χ1v) is 6.89. The van der Waals surface area contributed by atoms with E-state index in [1.165, 1.54) is 24.3 Å². The molecule has 132 valence electrons. The predicted octanol–water partition coefficient (Wildman–Crippen LogP) is 0.677. The van der Waals surface area contributed by atoms with Crippen molar-refractivity contribution in [1.29, 1.82) is 0 Å². The van der Waals surface area contributed by atoms with Gasteiger partial charge in [0.15, 0.2) is 0 Å². The lowest BCUT2D eigenvalue weighted by Gasteiger charge is -2.30. The number of hydrogen-bond acceptors (Lipinski definition) is 4. The van der Waals surface area contributed by atoms with E-state index in [0.29, 0.717) is 0 Å². The average Bonchev–Trinajstić information content (AvgIpc) is 2.54. The van der Waals surface area contributed by atoms with E-state index in [1.807, 2.05) is 0 Å².